The average molecular weight is 253 g/mol. The predicted molar refractivity (Wildman–Crippen MR) is 43.7 cm³/mol. The first-order valence-electron chi connectivity index (χ1n) is 2.62. The van der Waals surface area contributed by atoms with Crippen LogP contribution in [0, 0.1) is 0 Å². The molecule has 0 heterocycles. The Balaban J connectivity index is 4.74. The highest BCUT2D eigenvalue weighted by molar-refractivity contribution is 7.94. The van der Waals surface area contributed by atoms with Crippen LogP contribution in [0.15, 0.2) is 0 Å². The first-order valence-corrected chi connectivity index (χ1v) is 7.87. The maximum atomic E-state index is 10.8. The standard InChI is InChI=1S/C2H8NO7PS2/c1-12(5,6)9-11(3,4)10-13(2,7)8/h1-2H3,(H2,3,4). The third kappa shape index (κ3) is 8.34. The van der Waals surface area contributed by atoms with Crippen LogP contribution in [-0.4, -0.2) is 29.3 Å². The molecule has 0 spiro atoms. The van der Waals surface area contributed by atoms with E-state index < -0.39 is 28.0 Å². The van der Waals surface area contributed by atoms with E-state index in [9.17, 15) is 21.4 Å². The molecule has 0 saturated heterocycles. The molecule has 0 aliphatic carbocycles. The first kappa shape index (κ1) is 13.0. The molecular formula is C2H8NO7PS2. The molecule has 0 unspecified atom stereocenters. The van der Waals surface area contributed by atoms with Gasteiger partial charge in [-0.1, -0.05) is 0 Å². The lowest BCUT2D eigenvalue weighted by Crippen LogP contribution is -2.12. The van der Waals surface area contributed by atoms with Gasteiger partial charge in [0.25, 0.3) is 20.2 Å². The third-order valence-electron chi connectivity index (χ3n) is 0.479. The molecule has 80 valence electrons. The lowest BCUT2D eigenvalue weighted by Gasteiger charge is -2.08. The van der Waals surface area contributed by atoms with E-state index in [1.54, 1.807) is 0 Å². The normalized spacial score (nSPS) is 14.4. The maximum Gasteiger partial charge on any atom is 0.432 e. The van der Waals surface area contributed by atoms with Crippen LogP contribution in [0.2, 0.25) is 0 Å². The van der Waals surface area contributed by atoms with Crippen molar-refractivity contribution in [2.75, 3.05) is 12.5 Å². The summed E-state index contributed by atoms with van der Waals surface area (Å²) in [5.41, 5.74) is 4.64. The summed E-state index contributed by atoms with van der Waals surface area (Å²) in [6, 6.07) is 0. The van der Waals surface area contributed by atoms with Crippen LogP contribution in [0.25, 0.3) is 0 Å². The quantitative estimate of drug-likeness (QED) is 0.631. The van der Waals surface area contributed by atoms with Crippen molar-refractivity contribution in [3.05, 3.63) is 0 Å². The van der Waals surface area contributed by atoms with Gasteiger partial charge in [0.2, 0.25) is 0 Å². The Morgan fingerprint density at radius 2 is 1.23 bits per heavy atom. The van der Waals surface area contributed by atoms with Crippen LogP contribution >= 0.6 is 7.75 Å². The van der Waals surface area contributed by atoms with E-state index in [0.717, 1.165) is 0 Å². The summed E-state index contributed by atoms with van der Waals surface area (Å²) in [7, 11) is -12.9. The van der Waals surface area contributed by atoms with E-state index >= 15 is 0 Å². The van der Waals surface area contributed by atoms with Crippen LogP contribution < -0.4 is 5.50 Å². The van der Waals surface area contributed by atoms with Crippen LogP contribution in [0.3, 0.4) is 0 Å². The number of nitrogens with two attached hydrogens (primary N) is 1. The van der Waals surface area contributed by atoms with Gasteiger partial charge in [-0.3, -0.25) is 0 Å². The molecule has 0 fully saturated rings. The predicted octanol–water partition coefficient (Wildman–Crippen LogP) is -0.994. The van der Waals surface area contributed by atoms with Crippen molar-refractivity contribution in [2.45, 2.75) is 0 Å². The molecule has 0 bridgehead atoms. The number of rotatable bonds is 4. The lowest BCUT2D eigenvalue weighted by atomic mass is 12.0. The van der Waals surface area contributed by atoms with E-state index in [0.29, 0.717) is 12.5 Å². The fraction of sp³-hybridized carbons (Fsp3) is 1.00. The van der Waals surface area contributed by atoms with Crippen LogP contribution in [0.4, 0.5) is 0 Å². The molecule has 0 radical (unpaired) electrons. The van der Waals surface area contributed by atoms with Gasteiger partial charge in [0.05, 0.1) is 12.5 Å². The molecule has 0 amide bonds. The topological polar surface area (TPSA) is 130 Å². The highest BCUT2D eigenvalue weighted by atomic mass is 32.2. The minimum Gasteiger partial charge on any atom is -0.239 e. The zero-order valence-corrected chi connectivity index (χ0v) is 9.23. The summed E-state index contributed by atoms with van der Waals surface area (Å²) < 4.78 is 59.8. The van der Waals surface area contributed by atoms with Crippen LogP contribution in [0.5, 0.6) is 0 Å². The van der Waals surface area contributed by atoms with Gasteiger partial charge in [-0.15, -0.1) is 0 Å². The van der Waals surface area contributed by atoms with E-state index in [4.69, 9.17) is 0 Å². The molecule has 0 saturated carbocycles. The molecule has 0 atom stereocenters. The molecule has 0 aromatic heterocycles. The molecule has 13 heavy (non-hydrogen) atoms. The largest absolute Gasteiger partial charge is 0.432 e. The molecule has 0 aliphatic rings. The average Bonchev–Trinajstić information content (AvgIpc) is 1.43. The van der Waals surface area contributed by atoms with Crippen molar-refractivity contribution in [3.8, 4) is 0 Å². The van der Waals surface area contributed by atoms with Gasteiger partial charge in [0.1, 0.15) is 0 Å². The Kier molecular flexibility index (Phi) is 3.64. The van der Waals surface area contributed by atoms with Gasteiger partial charge in [0, 0.05) is 0 Å². The van der Waals surface area contributed by atoms with Crippen molar-refractivity contribution in [3.63, 3.8) is 0 Å². The second-order valence-electron chi connectivity index (χ2n) is 2.10. The minimum atomic E-state index is -4.61. The third-order valence-corrected chi connectivity index (χ3v) is 4.31. The maximum absolute atomic E-state index is 10.8. The van der Waals surface area contributed by atoms with Crippen LogP contribution in [0.1, 0.15) is 0 Å². The Labute approximate surface area is 75.9 Å². The Hall–Kier alpha value is 0.01000. The Morgan fingerprint density at radius 1 is 1.00 bits per heavy atom. The molecule has 0 rings (SSSR count). The summed E-state index contributed by atoms with van der Waals surface area (Å²) >= 11 is 0. The van der Waals surface area contributed by atoms with Crippen molar-refractivity contribution in [1.29, 1.82) is 0 Å². The summed E-state index contributed by atoms with van der Waals surface area (Å²) in [5, 5.41) is 0. The zero-order chi connectivity index (χ0) is 10.9. The molecule has 0 aliphatic heterocycles. The fourth-order valence-corrected chi connectivity index (χ4v) is 3.73. The summed E-state index contributed by atoms with van der Waals surface area (Å²) in [5.74, 6) is 0. The van der Waals surface area contributed by atoms with Crippen LogP contribution in [-0.2, 0) is 32.7 Å². The van der Waals surface area contributed by atoms with E-state index in [2.05, 4.69) is 13.4 Å². The van der Waals surface area contributed by atoms with Crippen molar-refractivity contribution >= 4 is 28.0 Å². The van der Waals surface area contributed by atoms with Gasteiger partial charge in [0.15, 0.2) is 0 Å². The van der Waals surface area contributed by atoms with Gasteiger partial charge < -0.3 is 0 Å². The molecule has 2 N–H and O–H groups in total. The SMILES string of the molecule is CS(=O)(=O)OP(N)(=O)OS(C)(=O)=O. The van der Waals surface area contributed by atoms with Gasteiger partial charge >= 0.3 is 7.75 Å². The van der Waals surface area contributed by atoms with Gasteiger partial charge in [-0.25, -0.2) is 10.1 Å². The molecular weight excluding hydrogens is 245 g/mol. The monoisotopic (exact) mass is 253 g/mol. The zero-order valence-electron chi connectivity index (χ0n) is 6.70. The van der Waals surface area contributed by atoms with Gasteiger partial charge in [-0.05, 0) is 0 Å². The lowest BCUT2D eigenvalue weighted by molar-refractivity contribution is 0.385. The second kappa shape index (κ2) is 3.64. The number of hydrogen-bond acceptors (Lipinski definition) is 7. The smallest absolute Gasteiger partial charge is 0.239 e. The van der Waals surface area contributed by atoms with E-state index in [1.165, 1.54) is 0 Å². The highest BCUT2D eigenvalue weighted by Gasteiger charge is 2.29. The first-order chi connectivity index (χ1) is 5.41. The van der Waals surface area contributed by atoms with Crippen molar-refractivity contribution in [2.24, 2.45) is 5.50 Å². The Bertz CT molecular complexity index is 381. The summed E-state index contributed by atoms with van der Waals surface area (Å²) in [4.78, 5) is 0. The molecule has 11 heteroatoms. The van der Waals surface area contributed by atoms with E-state index in [-0.39, 0.29) is 0 Å². The van der Waals surface area contributed by atoms with Crippen molar-refractivity contribution in [1.82, 2.24) is 0 Å². The minimum absolute atomic E-state index is 0.554. The molecule has 0 aromatic carbocycles. The summed E-state index contributed by atoms with van der Waals surface area (Å²) in [6.45, 7) is 0. The van der Waals surface area contributed by atoms with E-state index in [1.807, 2.05) is 0 Å². The molecule has 0 aromatic rings. The highest BCUT2D eigenvalue weighted by Crippen LogP contribution is 2.42. The number of hydrogen-bond donors (Lipinski definition) is 1. The van der Waals surface area contributed by atoms with Gasteiger partial charge in [-0.2, -0.15) is 24.8 Å². The summed E-state index contributed by atoms with van der Waals surface area (Å²) in [6.07, 6.45) is 1.11. The second-order valence-corrected chi connectivity index (χ2v) is 7.19. The Morgan fingerprint density at radius 3 is 1.38 bits per heavy atom. The fourth-order valence-electron chi connectivity index (χ4n) is 0.390. The van der Waals surface area contributed by atoms with Crippen molar-refractivity contribution < 1.29 is 29.3 Å². The molecule has 8 nitrogen and oxygen atoms in total.